The Morgan fingerprint density at radius 2 is 2.00 bits per heavy atom. The van der Waals surface area contributed by atoms with Gasteiger partial charge in [0.25, 0.3) is 10.0 Å². The summed E-state index contributed by atoms with van der Waals surface area (Å²) in [6, 6.07) is 5.02. The third-order valence-electron chi connectivity index (χ3n) is 5.60. The number of nitrogens with one attached hydrogen (secondary N) is 1. The van der Waals surface area contributed by atoms with Gasteiger partial charge in [0.15, 0.2) is 0 Å². The van der Waals surface area contributed by atoms with Crippen LogP contribution in [0.25, 0.3) is 11.0 Å². The van der Waals surface area contributed by atoms with Gasteiger partial charge >= 0.3 is 0 Å². The van der Waals surface area contributed by atoms with Crippen molar-refractivity contribution in [2.24, 2.45) is 5.92 Å². The van der Waals surface area contributed by atoms with E-state index in [0.717, 1.165) is 31.5 Å². The first-order chi connectivity index (χ1) is 12.4. The molecular weight excluding hydrogens is 389 g/mol. The van der Waals surface area contributed by atoms with Crippen LogP contribution in [0, 0.1) is 5.92 Å². The molecule has 1 aliphatic carbocycles. The summed E-state index contributed by atoms with van der Waals surface area (Å²) in [5.41, 5.74) is 2.07. The van der Waals surface area contributed by atoms with Crippen LogP contribution in [0.3, 0.4) is 0 Å². The molecule has 0 radical (unpaired) electrons. The standard InChI is InChI=1S/C19H22FN3O2S.ClH/c1-19(13-15(4-5-18(19)20)14-6-10-21-11-7-14)26(24,25)23-12-8-16-17(23)3-2-9-22-16;/h2-5,8-9,12,14,21H,6-7,10-11,13H2,1H3;1H. The molecular formula is C19H23ClFN3O2S. The first kappa shape index (κ1) is 20.0. The summed E-state index contributed by atoms with van der Waals surface area (Å²) in [6.07, 6.45) is 8.28. The lowest BCUT2D eigenvalue weighted by Gasteiger charge is -2.35. The second kappa shape index (κ2) is 7.37. The van der Waals surface area contributed by atoms with Crippen molar-refractivity contribution in [3.05, 3.63) is 54.1 Å². The molecule has 0 saturated carbocycles. The van der Waals surface area contributed by atoms with Gasteiger partial charge in [-0.25, -0.2) is 16.8 Å². The van der Waals surface area contributed by atoms with Gasteiger partial charge in [-0.05, 0) is 69.5 Å². The van der Waals surface area contributed by atoms with Crippen molar-refractivity contribution >= 4 is 33.5 Å². The van der Waals surface area contributed by atoms with Crippen LogP contribution in [-0.4, -0.2) is 35.2 Å². The Kier molecular flexibility index (Phi) is 5.47. The van der Waals surface area contributed by atoms with Crippen LogP contribution in [-0.2, 0) is 10.0 Å². The van der Waals surface area contributed by atoms with Crippen molar-refractivity contribution in [1.82, 2.24) is 14.3 Å². The Hall–Kier alpha value is -1.70. The largest absolute Gasteiger partial charge is 0.317 e. The van der Waals surface area contributed by atoms with Gasteiger partial charge in [0.1, 0.15) is 10.6 Å². The molecule has 0 aromatic carbocycles. The van der Waals surface area contributed by atoms with E-state index in [-0.39, 0.29) is 18.8 Å². The van der Waals surface area contributed by atoms with E-state index in [9.17, 15) is 12.8 Å². The van der Waals surface area contributed by atoms with E-state index in [2.05, 4.69) is 10.3 Å². The fourth-order valence-electron chi connectivity index (χ4n) is 3.95. The average molecular weight is 412 g/mol. The van der Waals surface area contributed by atoms with Crippen LogP contribution < -0.4 is 5.32 Å². The SMILES string of the molecule is CC1(S(=O)(=O)n2ccc3ncccc32)CC(C2CCNCC2)=CC=C1F.Cl. The molecule has 0 amide bonds. The maximum absolute atomic E-state index is 14.9. The molecule has 2 aromatic rings. The predicted octanol–water partition coefficient (Wildman–Crippen LogP) is 3.58. The van der Waals surface area contributed by atoms with Gasteiger partial charge in [-0.3, -0.25) is 4.98 Å². The number of nitrogens with zero attached hydrogens (tertiary/aromatic N) is 2. The monoisotopic (exact) mass is 411 g/mol. The maximum Gasteiger partial charge on any atom is 0.251 e. The number of pyridine rings is 1. The predicted molar refractivity (Wildman–Crippen MR) is 107 cm³/mol. The summed E-state index contributed by atoms with van der Waals surface area (Å²) in [5, 5.41) is 3.31. The highest BCUT2D eigenvalue weighted by atomic mass is 35.5. The molecule has 146 valence electrons. The molecule has 1 aliphatic heterocycles. The van der Waals surface area contributed by atoms with Crippen LogP contribution in [0.15, 0.2) is 54.1 Å². The Morgan fingerprint density at radius 1 is 1.26 bits per heavy atom. The van der Waals surface area contributed by atoms with E-state index in [1.165, 1.54) is 23.2 Å². The van der Waals surface area contributed by atoms with Gasteiger partial charge in [0.2, 0.25) is 0 Å². The quantitative estimate of drug-likeness (QED) is 0.838. The van der Waals surface area contributed by atoms with E-state index in [4.69, 9.17) is 0 Å². The number of aromatic nitrogens is 2. The average Bonchev–Trinajstić information content (AvgIpc) is 3.09. The zero-order valence-electron chi connectivity index (χ0n) is 15.1. The van der Waals surface area contributed by atoms with Gasteiger partial charge in [0, 0.05) is 12.4 Å². The molecule has 1 saturated heterocycles. The molecule has 27 heavy (non-hydrogen) atoms. The highest BCUT2D eigenvalue weighted by Crippen LogP contribution is 2.42. The van der Waals surface area contributed by atoms with Crippen LogP contribution in [0.4, 0.5) is 4.39 Å². The van der Waals surface area contributed by atoms with Gasteiger partial charge in [-0.2, -0.15) is 0 Å². The lowest BCUT2D eigenvalue weighted by Crippen LogP contribution is -2.42. The van der Waals surface area contributed by atoms with Crippen LogP contribution >= 0.6 is 12.4 Å². The number of hydrogen-bond donors (Lipinski definition) is 1. The second-order valence-corrected chi connectivity index (χ2v) is 9.46. The van der Waals surface area contributed by atoms with E-state index in [1.807, 2.05) is 0 Å². The van der Waals surface area contributed by atoms with Gasteiger partial charge < -0.3 is 5.32 Å². The summed E-state index contributed by atoms with van der Waals surface area (Å²) in [7, 11) is -3.99. The number of hydrogen-bond acceptors (Lipinski definition) is 4. The molecule has 0 spiro atoms. The zero-order chi connectivity index (χ0) is 18.4. The van der Waals surface area contributed by atoms with Gasteiger partial charge in [-0.15, -0.1) is 12.4 Å². The Balaban J connectivity index is 0.00000210. The molecule has 1 atom stereocenters. The van der Waals surface area contributed by atoms with Gasteiger partial charge in [0.05, 0.1) is 11.0 Å². The fraction of sp³-hybridized carbons (Fsp3) is 0.421. The molecule has 1 fully saturated rings. The maximum atomic E-state index is 14.9. The van der Waals surface area contributed by atoms with Crippen LogP contribution in [0.5, 0.6) is 0 Å². The molecule has 4 rings (SSSR count). The molecule has 5 nitrogen and oxygen atoms in total. The molecule has 2 aliphatic rings. The van der Waals surface area contributed by atoms with E-state index >= 15 is 0 Å². The fourth-order valence-corrected chi connectivity index (χ4v) is 5.68. The van der Waals surface area contributed by atoms with Gasteiger partial charge in [-0.1, -0.05) is 11.6 Å². The highest BCUT2D eigenvalue weighted by molar-refractivity contribution is 7.91. The van der Waals surface area contributed by atoms with Crippen LogP contribution in [0.2, 0.25) is 0 Å². The summed E-state index contributed by atoms with van der Waals surface area (Å²) >= 11 is 0. The van der Waals surface area contributed by atoms with Crippen molar-refractivity contribution in [2.45, 2.75) is 30.9 Å². The van der Waals surface area contributed by atoms with Crippen molar-refractivity contribution in [1.29, 1.82) is 0 Å². The summed E-state index contributed by atoms with van der Waals surface area (Å²) in [6.45, 7) is 3.31. The number of fused-ring (bicyclic) bond motifs is 1. The summed E-state index contributed by atoms with van der Waals surface area (Å²) in [5.74, 6) is -0.306. The summed E-state index contributed by atoms with van der Waals surface area (Å²) in [4.78, 5) is 4.18. The highest BCUT2D eigenvalue weighted by Gasteiger charge is 2.47. The van der Waals surface area contributed by atoms with Crippen molar-refractivity contribution < 1.29 is 12.8 Å². The Bertz CT molecular complexity index is 1010. The van der Waals surface area contributed by atoms with E-state index < -0.39 is 20.6 Å². The summed E-state index contributed by atoms with van der Waals surface area (Å²) < 4.78 is 41.3. The number of allylic oxidation sites excluding steroid dienone is 3. The first-order valence-electron chi connectivity index (χ1n) is 8.88. The minimum Gasteiger partial charge on any atom is -0.317 e. The first-order valence-corrected chi connectivity index (χ1v) is 10.3. The van der Waals surface area contributed by atoms with Crippen LogP contribution in [0.1, 0.15) is 26.2 Å². The molecule has 1 N–H and O–H groups in total. The minimum atomic E-state index is -3.99. The molecule has 2 aromatic heterocycles. The topological polar surface area (TPSA) is 64.0 Å². The van der Waals surface area contributed by atoms with E-state index in [1.54, 1.807) is 30.5 Å². The third-order valence-corrected chi connectivity index (χ3v) is 7.92. The zero-order valence-corrected chi connectivity index (χ0v) is 16.7. The third kappa shape index (κ3) is 3.22. The Labute approximate surface area is 164 Å². The lowest BCUT2D eigenvalue weighted by molar-refractivity contribution is 0.390. The molecule has 1 unspecified atom stereocenters. The molecule has 0 bridgehead atoms. The molecule has 8 heteroatoms. The van der Waals surface area contributed by atoms with Crippen molar-refractivity contribution in [3.63, 3.8) is 0 Å². The Morgan fingerprint density at radius 3 is 2.74 bits per heavy atom. The number of rotatable bonds is 3. The molecule has 3 heterocycles. The van der Waals surface area contributed by atoms with Crippen molar-refractivity contribution in [3.8, 4) is 0 Å². The normalized spacial score (nSPS) is 24.2. The lowest BCUT2D eigenvalue weighted by atomic mass is 9.81. The smallest absolute Gasteiger partial charge is 0.251 e. The number of halogens is 2. The van der Waals surface area contributed by atoms with E-state index in [0.29, 0.717) is 17.0 Å². The number of piperidine rings is 1. The van der Waals surface area contributed by atoms with Crippen molar-refractivity contribution in [2.75, 3.05) is 13.1 Å². The minimum absolute atomic E-state index is 0. The second-order valence-electron chi connectivity index (χ2n) is 7.21.